The highest BCUT2D eigenvalue weighted by Crippen LogP contribution is 2.23. The van der Waals surface area contributed by atoms with Crippen molar-refractivity contribution in [3.63, 3.8) is 0 Å². The summed E-state index contributed by atoms with van der Waals surface area (Å²) in [6, 6.07) is 11.9. The van der Waals surface area contributed by atoms with Crippen LogP contribution in [0.4, 0.5) is 0 Å². The molecule has 1 unspecified atom stereocenters. The molecule has 2 aromatic carbocycles. The summed E-state index contributed by atoms with van der Waals surface area (Å²) in [6.45, 7) is 1.36. The van der Waals surface area contributed by atoms with Gasteiger partial charge in [0.05, 0.1) is 24.5 Å². The minimum atomic E-state index is -3.95. The molecule has 8 heteroatoms. The fourth-order valence-corrected chi connectivity index (χ4v) is 3.84. The van der Waals surface area contributed by atoms with Crippen molar-refractivity contribution in [2.24, 2.45) is 0 Å². The first-order valence-corrected chi connectivity index (χ1v) is 9.96. The zero-order valence-corrected chi connectivity index (χ0v) is 16.6. The molecule has 0 amide bonds. The van der Waals surface area contributed by atoms with Crippen molar-refractivity contribution in [2.75, 3.05) is 7.11 Å². The van der Waals surface area contributed by atoms with Gasteiger partial charge < -0.3 is 4.74 Å². The third-order valence-corrected chi connectivity index (χ3v) is 5.72. The Balaban J connectivity index is 2.36. The summed E-state index contributed by atoms with van der Waals surface area (Å²) in [6.07, 6.45) is -0.163. The summed E-state index contributed by atoms with van der Waals surface area (Å²) in [4.78, 5) is 23.2. The smallest absolute Gasteiger partial charge is 0.307 e. The number of carbonyl (C=O) groups is 2. The van der Waals surface area contributed by atoms with Crippen molar-refractivity contribution in [3.05, 3.63) is 64.1 Å². The van der Waals surface area contributed by atoms with Crippen molar-refractivity contribution in [3.8, 4) is 0 Å². The topological polar surface area (TPSA) is 89.5 Å². The molecule has 0 saturated heterocycles. The number of sulfonamides is 1. The molecule has 2 aromatic rings. The van der Waals surface area contributed by atoms with Crippen LogP contribution in [0.3, 0.4) is 0 Å². The van der Waals surface area contributed by atoms with Crippen LogP contribution >= 0.6 is 15.9 Å². The number of hydrogen-bond donors (Lipinski definition) is 1. The standard InChI is InChI=1S/C18H18BrNO5S/c1-12(21)14-4-3-5-16(10-14)26(23,24)20-17(11-18(22)25-2)13-6-8-15(19)9-7-13/h3-10,17,20H,11H2,1-2H3. The van der Waals surface area contributed by atoms with E-state index in [2.05, 4.69) is 25.4 Å². The van der Waals surface area contributed by atoms with E-state index in [1.807, 2.05) is 0 Å². The van der Waals surface area contributed by atoms with E-state index in [1.165, 1.54) is 32.2 Å². The number of hydrogen-bond acceptors (Lipinski definition) is 5. The van der Waals surface area contributed by atoms with E-state index in [1.54, 1.807) is 30.3 Å². The van der Waals surface area contributed by atoms with Gasteiger partial charge in [-0.2, -0.15) is 0 Å². The van der Waals surface area contributed by atoms with Crippen molar-refractivity contribution in [1.29, 1.82) is 0 Å². The fourth-order valence-electron chi connectivity index (χ4n) is 2.31. The summed E-state index contributed by atoms with van der Waals surface area (Å²) in [5.74, 6) is -0.779. The quantitative estimate of drug-likeness (QED) is 0.528. The third kappa shape index (κ3) is 5.23. The molecule has 0 spiro atoms. The number of benzene rings is 2. The van der Waals surface area contributed by atoms with Gasteiger partial charge in [0.1, 0.15) is 0 Å². The first-order chi connectivity index (χ1) is 12.2. The number of methoxy groups -OCH3 is 1. The lowest BCUT2D eigenvalue weighted by Gasteiger charge is -2.18. The van der Waals surface area contributed by atoms with Crippen molar-refractivity contribution in [2.45, 2.75) is 24.3 Å². The second kappa shape index (κ2) is 8.57. The summed E-state index contributed by atoms with van der Waals surface area (Å²) in [5.41, 5.74) is 0.908. The number of ether oxygens (including phenoxy) is 1. The number of carbonyl (C=O) groups excluding carboxylic acids is 2. The molecular weight excluding hydrogens is 422 g/mol. The zero-order chi connectivity index (χ0) is 19.3. The number of halogens is 1. The van der Waals surface area contributed by atoms with Gasteiger partial charge in [-0.15, -0.1) is 0 Å². The molecule has 2 rings (SSSR count). The average Bonchev–Trinajstić information content (AvgIpc) is 2.61. The van der Waals surface area contributed by atoms with Gasteiger partial charge in [-0.25, -0.2) is 13.1 Å². The molecule has 0 aromatic heterocycles. The highest BCUT2D eigenvalue weighted by atomic mass is 79.9. The predicted octanol–water partition coefficient (Wildman–Crippen LogP) is 3.23. The van der Waals surface area contributed by atoms with Crippen LogP contribution in [-0.2, 0) is 19.6 Å². The Bertz CT molecular complexity index is 909. The minimum absolute atomic E-state index is 0.0443. The molecule has 0 heterocycles. The van der Waals surface area contributed by atoms with E-state index in [9.17, 15) is 18.0 Å². The molecule has 0 bridgehead atoms. The van der Waals surface area contributed by atoms with Crippen molar-refractivity contribution in [1.82, 2.24) is 4.72 Å². The largest absolute Gasteiger partial charge is 0.469 e. The first kappa shape index (κ1) is 20.3. The van der Waals surface area contributed by atoms with Crippen LogP contribution in [-0.4, -0.2) is 27.3 Å². The molecule has 0 aliphatic heterocycles. The van der Waals surface area contributed by atoms with E-state index in [0.717, 1.165) is 4.47 Å². The Morgan fingerprint density at radius 1 is 1.15 bits per heavy atom. The van der Waals surface area contributed by atoms with Gasteiger partial charge in [-0.1, -0.05) is 40.2 Å². The van der Waals surface area contributed by atoms with Crippen molar-refractivity contribution >= 4 is 37.7 Å². The van der Waals surface area contributed by atoms with Gasteiger partial charge in [0.2, 0.25) is 10.0 Å². The van der Waals surface area contributed by atoms with Gasteiger partial charge in [0.15, 0.2) is 5.78 Å². The van der Waals surface area contributed by atoms with E-state index in [-0.39, 0.29) is 17.1 Å². The molecule has 0 aliphatic rings. The second-order valence-electron chi connectivity index (χ2n) is 5.59. The maximum atomic E-state index is 12.7. The molecule has 1 N–H and O–H groups in total. The van der Waals surface area contributed by atoms with Crippen LogP contribution < -0.4 is 4.72 Å². The van der Waals surface area contributed by atoms with Crippen LogP contribution in [0.2, 0.25) is 0 Å². The molecule has 0 radical (unpaired) electrons. The Hall–Kier alpha value is -2.03. The fraction of sp³-hybridized carbons (Fsp3) is 0.222. The lowest BCUT2D eigenvalue weighted by molar-refractivity contribution is -0.141. The van der Waals surface area contributed by atoms with E-state index < -0.39 is 22.0 Å². The maximum absolute atomic E-state index is 12.7. The Morgan fingerprint density at radius 2 is 1.81 bits per heavy atom. The molecular formula is C18H18BrNO5S. The van der Waals surface area contributed by atoms with Crippen LogP contribution in [0.25, 0.3) is 0 Å². The van der Waals surface area contributed by atoms with E-state index in [0.29, 0.717) is 11.1 Å². The highest BCUT2D eigenvalue weighted by Gasteiger charge is 2.24. The van der Waals surface area contributed by atoms with Crippen LogP contribution in [0.5, 0.6) is 0 Å². The summed E-state index contributed by atoms with van der Waals surface area (Å²) >= 11 is 3.32. The number of Topliss-reactive ketones (excluding diaryl/α,β-unsaturated/α-hetero) is 1. The Kier molecular flexibility index (Phi) is 6.69. The molecule has 138 valence electrons. The normalized spacial score (nSPS) is 12.4. The van der Waals surface area contributed by atoms with Gasteiger partial charge in [-0.05, 0) is 36.8 Å². The number of esters is 1. The number of rotatable bonds is 7. The lowest BCUT2D eigenvalue weighted by atomic mass is 10.1. The predicted molar refractivity (Wildman–Crippen MR) is 100 cm³/mol. The number of nitrogens with one attached hydrogen (secondary N) is 1. The van der Waals surface area contributed by atoms with E-state index in [4.69, 9.17) is 0 Å². The van der Waals surface area contributed by atoms with Gasteiger partial charge >= 0.3 is 5.97 Å². The monoisotopic (exact) mass is 439 g/mol. The van der Waals surface area contributed by atoms with Crippen molar-refractivity contribution < 1.29 is 22.7 Å². The molecule has 0 saturated carbocycles. The highest BCUT2D eigenvalue weighted by molar-refractivity contribution is 9.10. The molecule has 1 atom stereocenters. The SMILES string of the molecule is COC(=O)CC(NS(=O)(=O)c1cccc(C(C)=O)c1)c1ccc(Br)cc1. The maximum Gasteiger partial charge on any atom is 0.307 e. The molecule has 0 fully saturated rings. The molecule has 0 aliphatic carbocycles. The summed E-state index contributed by atoms with van der Waals surface area (Å²) in [5, 5.41) is 0. The van der Waals surface area contributed by atoms with E-state index >= 15 is 0 Å². The lowest BCUT2D eigenvalue weighted by Crippen LogP contribution is -2.30. The Labute approximate surface area is 160 Å². The summed E-state index contributed by atoms with van der Waals surface area (Å²) in [7, 11) is -2.71. The third-order valence-electron chi connectivity index (χ3n) is 3.72. The summed E-state index contributed by atoms with van der Waals surface area (Å²) < 4.78 is 33.5. The molecule has 6 nitrogen and oxygen atoms in total. The average molecular weight is 440 g/mol. The molecule has 26 heavy (non-hydrogen) atoms. The van der Waals surface area contributed by atoms with Crippen LogP contribution in [0.1, 0.15) is 35.3 Å². The minimum Gasteiger partial charge on any atom is -0.469 e. The Morgan fingerprint density at radius 3 is 2.38 bits per heavy atom. The zero-order valence-electron chi connectivity index (χ0n) is 14.2. The van der Waals surface area contributed by atoms with Crippen LogP contribution in [0.15, 0.2) is 57.9 Å². The van der Waals surface area contributed by atoms with Crippen LogP contribution in [0, 0.1) is 0 Å². The number of ketones is 1. The second-order valence-corrected chi connectivity index (χ2v) is 8.22. The van der Waals surface area contributed by atoms with Gasteiger partial charge in [-0.3, -0.25) is 9.59 Å². The first-order valence-electron chi connectivity index (χ1n) is 7.68. The van der Waals surface area contributed by atoms with Gasteiger partial charge in [0, 0.05) is 10.0 Å². The van der Waals surface area contributed by atoms with Gasteiger partial charge in [0.25, 0.3) is 0 Å².